The first-order valence-electron chi connectivity index (χ1n) is 6.94. The van der Waals surface area contributed by atoms with Crippen molar-refractivity contribution >= 4 is 17.0 Å². The van der Waals surface area contributed by atoms with Gasteiger partial charge in [-0.1, -0.05) is 0 Å². The first-order chi connectivity index (χ1) is 10.3. The van der Waals surface area contributed by atoms with Gasteiger partial charge in [0.2, 0.25) is 5.95 Å². The molecule has 3 aromatic rings. The number of hydrogen-bond donors (Lipinski definition) is 3. The zero-order valence-corrected chi connectivity index (χ0v) is 11.6. The van der Waals surface area contributed by atoms with E-state index in [9.17, 15) is 0 Å². The third kappa shape index (κ3) is 2.85. The van der Waals surface area contributed by atoms with Gasteiger partial charge in [0, 0.05) is 35.6 Å². The van der Waals surface area contributed by atoms with Crippen molar-refractivity contribution in [2.75, 3.05) is 12.3 Å². The largest absolute Gasteiger partial charge is 0.396 e. The molecule has 0 saturated heterocycles. The van der Waals surface area contributed by atoms with Crippen LogP contribution < -0.4 is 5.73 Å². The minimum absolute atomic E-state index is 0.196. The van der Waals surface area contributed by atoms with E-state index < -0.39 is 0 Å². The number of nitrogens with two attached hydrogens (primary N) is 1. The van der Waals surface area contributed by atoms with Crippen LogP contribution in [0.15, 0.2) is 30.6 Å². The maximum Gasteiger partial charge on any atom is 0.220 e. The maximum absolute atomic E-state index is 8.85. The van der Waals surface area contributed by atoms with Crippen LogP contribution in [0.2, 0.25) is 0 Å². The number of nitrogens with zero attached hydrogens (tertiary/aromatic N) is 3. The van der Waals surface area contributed by atoms with Gasteiger partial charge in [0.15, 0.2) is 0 Å². The van der Waals surface area contributed by atoms with Gasteiger partial charge in [-0.15, -0.1) is 0 Å². The highest BCUT2D eigenvalue weighted by Gasteiger charge is 2.10. The van der Waals surface area contributed by atoms with Gasteiger partial charge >= 0.3 is 0 Å². The van der Waals surface area contributed by atoms with Crippen LogP contribution in [0.4, 0.5) is 5.95 Å². The summed E-state index contributed by atoms with van der Waals surface area (Å²) in [4.78, 5) is 16.0. The lowest BCUT2D eigenvalue weighted by Gasteiger charge is -2.05. The molecular weight excluding hydrogens is 266 g/mol. The number of anilines is 1. The fraction of sp³-hybridized carbons (Fsp3) is 0.267. The molecule has 21 heavy (non-hydrogen) atoms. The van der Waals surface area contributed by atoms with Crippen LogP contribution in [0.3, 0.4) is 0 Å². The first kappa shape index (κ1) is 13.5. The molecule has 0 saturated carbocycles. The Morgan fingerprint density at radius 3 is 3.00 bits per heavy atom. The Labute approximate surface area is 122 Å². The van der Waals surface area contributed by atoms with Gasteiger partial charge < -0.3 is 15.8 Å². The summed E-state index contributed by atoms with van der Waals surface area (Å²) < 4.78 is 0. The van der Waals surface area contributed by atoms with E-state index in [-0.39, 0.29) is 12.6 Å². The number of fused-ring (bicyclic) bond motifs is 1. The van der Waals surface area contributed by atoms with Crippen LogP contribution in [0.1, 0.15) is 18.5 Å². The number of aromatic amines is 1. The lowest BCUT2D eigenvalue weighted by atomic mass is 10.1. The molecule has 0 atom stereocenters. The fourth-order valence-corrected chi connectivity index (χ4v) is 2.37. The molecule has 0 unspecified atom stereocenters. The van der Waals surface area contributed by atoms with E-state index in [0.29, 0.717) is 0 Å². The van der Waals surface area contributed by atoms with E-state index in [0.717, 1.165) is 47.2 Å². The van der Waals surface area contributed by atoms with Crippen molar-refractivity contribution in [2.45, 2.75) is 19.3 Å². The zero-order valence-electron chi connectivity index (χ0n) is 11.6. The minimum Gasteiger partial charge on any atom is -0.396 e. The van der Waals surface area contributed by atoms with Crippen LogP contribution >= 0.6 is 0 Å². The summed E-state index contributed by atoms with van der Waals surface area (Å²) in [5.41, 5.74) is 9.30. The Morgan fingerprint density at radius 2 is 2.14 bits per heavy atom. The number of aromatic nitrogens is 4. The summed E-state index contributed by atoms with van der Waals surface area (Å²) in [5, 5.41) is 9.86. The highest BCUT2D eigenvalue weighted by molar-refractivity contribution is 5.92. The minimum atomic E-state index is 0.196. The Morgan fingerprint density at radius 1 is 1.24 bits per heavy atom. The van der Waals surface area contributed by atoms with Crippen LogP contribution in [0, 0.1) is 0 Å². The van der Waals surface area contributed by atoms with E-state index >= 15 is 0 Å². The lowest BCUT2D eigenvalue weighted by molar-refractivity contribution is 0.284. The number of aliphatic hydroxyl groups is 1. The molecule has 0 radical (unpaired) electrons. The summed E-state index contributed by atoms with van der Waals surface area (Å²) in [6.07, 6.45) is 6.05. The average Bonchev–Trinajstić information content (AvgIpc) is 2.91. The van der Waals surface area contributed by atoms with Crippen molar-refractivity contribution in [3.63, 3.8) is 0 Å². The molecule has 0 amide bonds. The fourth-order valence-electron chi connectivity index (χ4n) is 2.37. The van der Waals surface area contributed by atoms with Crippen molar-refractivity contribution < 1.29 is 5.11 Å². The molecule has 0 bridgehead atoms. The van der Waals surface area contributed by atoms with Gasteiger partial charge in [0.05, 0.1) is 5.69 Å². The van der Waals surface area contributed by atoms with Crippen LogP contribution in [-0.2, 0) is 6.42 Å². The van der Waals surface area contributed by atoms with E-state index in [2.05, 4.69) is 19.9 Å². The smallest absolute Gasteiger partial charge is 0.220 e. The van der Waals surface area contributed by atoms with Gasteiger partial charge in [0.1, 0.15) is 5.65 Å². The highest BCUT2D eigenvalue weighted by Crippen LogP contribution is 2.27. The highest BCUT2D eigenvalue weighted by atomic mass is 16.2. The second-order valence-corrected chi connectivity index (χ2v) is 4.89. The van der Waals surface area contributed by atoms with Crippen LogP contribution in [0.5, 0.6) is 0 Å². The number of aryl methyl sites for hydroxylation is 1. The molecule has 4 N–H and O–H groups in total. The maximum atomic E-state index is 8.85. The Kier molecular flexibility index (Phi) is 3.79. The van der Waals surface area contributed by atoms with E-state index in [1.54, 1.807) is 6.20 Å². The number of pyridine rings is 1. The topological polar surface area (TPSA) is 101 Å². The molecule has 108 valence electrons. The molecule has 6 nitrogen and oxygen atoms in total. The van der Waals surface area contributed by atoms with Crippen LogP contribution in [0.25, 0.3) is 22.3 Å². The molecule has 3 rings (SSSR count). The molecule has 3 heterocycles. The SMILES string of the molecule is Nc1nc(CCCCO)cc(-c2c[nH]c3ncccc23)n1. The second-order valence-electron chi connectivity index (χ2n) is 4.89. The normalized spacial score (nSPS) is 11.1. The molecule has 0 fully saturated rings. The van der Waals surface area contributed by atoms with Crippen molar-refractivity contribution in [3.05, 3.63) is 36.3 Å². The van der Waals surface area contributed by atoms with Crippen molar-refractivity contribution in [1.29, 1.82) is 0 Å². The Hall–Kier alpha value is -2.47. The van der Waals surface area contributed by atoms with Crippen molar-refractivity contribution in [1.82, 2.24) is 19.9 Å². The number of nitrogens with one attached hydrogen (secondary N) is 1. The first-order valence-corrected chi connectivity index (χ1v) is 6.94. The average molecular weight is 283 g/mol. The van der Waals surface area contributed by atoms with Crippen molar-refractivity contribution in [2.24, 2.45) is 0 Å². The molecule has 0 aliphatic heterocycles. The molecular formula is C15H17N5O. The summed E-state index contributed by atoms with van der Waals surface area (Å²) in [6.45, 7) is 0.196. The molecule has 0 aliphatic rings. The summed E-state index contributed by atoms with van der Waals surface area (Å²) in [6, 6.07) is 5.84. The lowest BCUT2D eigenvalue weighted by Crippen LogP contribution is -2.01. The molecule has 6 heteroatoms. The number of unbranched alkanes of at least 4 members (excludes halogenated alkanes) is 1. The third-order valence-corrected chi connectivity index (χ3v) is 3.36. The number of nitrogen functional groups attached to an aromatic ring is 1. The number of hydrogen-bond acceptors (Lipinski definition) is 5. The van der Waals surface area contributed by atoms with E-state index in [1.807, 2.05) is 24.4 Å². The van der Waals surface area contributed by atoms with Gasteiger partial charge in [-0.25, -0.2) is 15.0 Å². The van der Waals surface area contributed by atoms with Gasteiger partial charge in [-0.05, 0) is 37.5 Å². The third-order valence-electron chi connectivity index (χ3n) is 3.36. The van der Waals surface area contributed by atoms with Gasteiger partial charge in [-0.2, -0.15) is 0 Å². The quantitative estimate of drug-likeness (QED) is 0.621. The summed E-state index contributed by atoms with van der Waals surface area (Å²) in [7, 11) is 0. The predicted molar refractivity (Wildman–Crippen MR) is 81.6 cm³/mol. The summed E-state index contributed by atoms with van der Waals surface area (Å²) >= 11 is 0. The monoisotopic (exact) mass is 283 g/mol. The second kappa shape index (κ2) is 5.88. The molecule has 3 aromatic heterocycles. The molecule has 0 aliphatic carbocycles. The molecule has 0 spiro atoms. The Bertz CT molecular complexity index is 753. The number of rotatable bonds is 5. The zero-order chi connectivity index (χ0) is 14.7. The Balaban J connectivity index is 1.98. The number of aliphatic hydroxyl groups excluding tert-OH is 1. The molecule has 0 aromatic carbocycles. The summed E-state index contributed by atoms with van der Waals surface area (Å²) in [5.74, 6) is 0.268. The predicted octanol–water partition coefficient (Wildman–Crippen LogP) is 1.92. The van der Waals surface area contributed by atoms with Gasteiger partial charge in [-0.3, -0.25) is 0 Å². The van der Waals surface area contributed by atoms with Crippen molar-refractivity contribution in [3.8, 4) is 11.3 Å². The van der Waals surface area contributed by atoms with Gasteiger partial charge in [0.25, 0.3) is 0 Å². The number of H-pyrrole nitrogens is 1. The van der Waals surface area contributed by atoms with E-state index in [1.165, 1.54) is 0 Å². The van der Waals surface area contributed by atoms with Crippen LogP contribution in [-0.4, -0.2) is 31.6 Å². The standard InChI is InChI=1S/C15H17N5O/c16-15-19-10(4-1-2-7-21)8-13(20-15)12-9-18-14-11(12)5-3-6-17-14/h3,5-6,8-9,21H,1-2,4,7H2,(H,17,18)(H2,16,19,20). The van der Waals surface area contributed by atoms with E-state index in [4.69, 9.17) is 10.8 Å².